The topological polar surface area (TPSA) is 103 Å². The van der Waals surface area contributed by atoms with Crippen molar-refractivity contribution in [3.63, 3.8) is 0 Å². The number of anilines is 1. The van der Waals surface area contributed by atoms with Gasteiger partial charge in [-0.3, -0.25) is 5.32 Å². The Hall–Kier alpha value is -3.78. The molecular weight excluding hydrogens is 450 g/mol. The average molecular weight is 484 g/mol. The number of aliphatic hydroxyl groups is 1. The number of nitrogens with one attached hydrogen (secondary N) is 1. The summed E-state index contributed by atoms with van der Waals surface area (Å²) in [5.41, 5.74) is 1.38. The minimum absolute atomic E-state index is 0.0605. The Morgan fingerprint density at radius 2 is 1.77 bits per heavy atom. The molecule has 2 aromatic carbocycles. The molecule has 35 heavy (non-hydrogen) atoms. The highest BCUT2D eigenvalue weighted by Crippen LogP contribution is 2.31. The molecule has 0 aliphatic carbocycles. The lowest BCUT2D eigenvalue weighted by Gasteiger charge is -2.25. The van der Waals surface area contributed by atoms with E-state index in [-0.39, 0.29) is 25.7 Å². The van der Waals surface area contributed by atoms with Gasteiger partial charge in [0.25, 0.3) is 0 Å². The summed E-state index contributed by atoms with van der Waals surface area (Å²) in [5.74, 6) is 0.801. The first-order valence-corrected chi connectivity index (χ1v) is 11.4. The zero-order valence-electron chi connectivity index (χ0n) is 20.1. The number of carbonyl (C=O) groups excluding carboxylic acids is 2. The summed E-state index contributed by atoms with van der Waals surface area (Å²) in [6.45, 7) is 5.76. The molecular formula is C27H33NO7. The summed E-state index contributed by atoms with van der Waals surface area (Å²) in [4.78, 5) is 24.3. The first-order chi connectivity index (χ1) is 17.0. The van der Waals surface area contributed by atoms with Gasteiger partial charge in [-0.25, -0.2) is 9.59 Å². The van der Waals surface area contributed by atoms with Crippen molar-refractivity contribution in [2.45, 2.75) is 25.9 Å². The Labute approximate surface area is 206 Å². The largest absolute Gasteiger partial charge is 0.497 e. The molecule has 0 bridgehead atoms. The van der Waals surface area contributed by atoms with E-state index in [1.807, 2.05) is 19.1 Å². The predicted molar refractivity (Wildman–Crippen MR) is 134 cm³/mol. The summed E-state index contributed by atoms with van der Waals surface area (Å²) in [6, 6.07) is 14.1. The van der Waals surface area contributed by atoms with E-state index in [0.29, 0.717) is 30.0 Å². The second-order valence-electron chi connectivity index (χ2n) is 7.70. The van der Waals surface area contributed by atoms with Crippen LogP contribution in [0.5, 0.6) is 11.5 Å². The molecule has 1 amide bonds. The molecule has 0 fully saturated rings. The number of hydrogen-bond donors (Lipinski definition) is 2. The van der Waals surface area contributed by atoms with Crippen LogP contribution in [0.1, 0.15) is 31.4 Å². The number of aliphatic hydroxyl groups excluding tert-OH is 1. The van der Waals surface area contributed by atoms with Crippen LogP contribution in [0.4, 0.5) is 10.5 Å². The highest BCUT2D eigenvalue weighted by atomic mass is 16.6. The van der Waals surface area contributed by atoms with Crippen molar-refractivity contribution < 1.29 is 33.6 Å². The number of carbonyl (C=O) groups is 2. The van der Waals surface area contributed by atoms with Crippen molar-refractivity contribution >= 4 is 17.7 Å². The summed E-state index contributed by atoms with van der Waals surface area (Å²) >= 11 is 0. The number of methoxy groups -OCH3 is 1. The van der Waals surface area contributed by atoms with Gasteiger partial charge in [-0.05, 0) is 60.7 Å². The highest BCUT2D eigenvalue weighted by Gasteiger charge is 2.23. The Bertz CT molecular complexity index is 954. The maximum atomic E-state index is 12.7. The third-order valence-corrected chi connectivity index (χ3v) is 5.04. The highest BCUT2D eigenvalue weighted by molar-refractivity contribution is 5.84. The molecule has 2 atom stereocenters. The van der Waals surface area contributed by atoms with E-state index in [4.69, 9.17) is 24.1 Å². The minimum Gasteiger partial charge on any atom is -0.497 e. The number of esters is 1. The molecule has 2 aromatic rings. The van der Waals surface area contributed by atoms with Crippen LogP contribution in [-0.2, 0) is 14.3 Å². The van der Waals surface area contributed by atoms with E-state index in [9.17, 15) is 9.59 Å². The van der Waals surface area contributed by atoms with Gasteiger partial charge in [-0.15, -0.1) is 0 Å². The van der Waals surface area contributed by atoms with Gasteiger partial charge in [-0.1, -0.05) is 37.8 Å². The quantitative estimate of drug-likeness (QED) is 0.220. The number of amides is 1. The molecule has 0 saturated heterocycles. The van der Waals surface area contributed by atoms with Crippen LogP contribution < -0.4 is 14.8 Å². The fraction of sp³-hybridized carbons (Fsp3) is 0.333. The fourth-order valence-electron chi connectivity index (χ4n) is 3.25. The summed E-state index contributed by atoms with van der Waals surface area (Å²) in [5, 5.41) is 11.7. The van der Waals surface area contributed by atoms with Crippen molar-refractivity contribution in [3.05, 3.63) is 78.9 Å². The lowest BCUT2D eigenvalue weighted by atomic mass is 9.93. The average Bonchev–Trinajstić information content (AvgIpc) is 2.88. The van der Waals surface area contributed by atoms with Crippen LogP contribution in [0.25, 0.3) is 0 Å². The molecule has 8 nitrogen and oxygen atoms in total. The monoisotopic (exact) mass is 483 g/mol. The Kier molecular flexibility index (Phi) is 11.9. The number of rotatable bonds is 14. The minimum atomic E-state index is -0.587. The Morgan fingerprint density at radius 3 is 2.40 bits per heavy atom. The van der Waals surface area contributed by atoms with Gasteiger partial charge in [0.15, 0.2) is 0 Å². The first kappa shape index (κ1) is 27.5. The molecule has 0 heterocycles. The molecule has 2 N–H and O–H groups in total. The molecule has 0 unspecified atom stereocenters. The van der Waals surface area contributed by atoms with Gasteiger partial charge in [0.05, 0.1) is 13.7 Å². The molecule has 0 radical (unpaired) electrons. The van der Waals surface area contributed by atoms with Crippen LogP contribution in [-0.4, -0.2) is 44.1 Å². The second-order valence-corrected chi connectivity index (χ2v) is 7.70. The maximum absolute atomic E-state index is 12.7. The Morgan fingerprint density at radius 1 is 1.09 bits per heavy atom. The van der Waals surface area contributed by atoms with E-state index >= 15 is 0 Å². The van der Waals surface area contributed by atoms with Crippen molar-refractivity contribution in [1.82, 2.24) is 0 Å². The molecule has 0 spiro atoms. The van der Waals surface area contributed by atoms with Gasteiger partial charge in [0, 0.05) is 11.8 Å². The van der Waals surface area contributed by atoms with Gasteiger partial charge >= 0.3 is 12.1 Å². The second kappa shape index (κ2) is 15.2. The van der Waals surface area contributed by atoms with Crippen molar-refractivity contribution in [1.29, 1.82) is 0 Å². The number of allylic oxidation sites excluding steroid dienone is 1. The maximum Gasteiger partial charge on any atom is 0.412 e. The standard InChI is InChI=1S/C27H33NO7/c1-4-18-34-25(30)8-6-5-7-20(2)26(21-9-13-24(14-10-21)33-19-17-29)35-27(31)28-22-11-15-23(32-3)16-12-22/h4,6,8-16,20,26,29H,1,5,7,17-19H2,2-3H3,(H,28,31)/b8-6+/t20-,26-/m0/s1. The molecule has 0 saturated carbocycles. The predicted octanol–water partition coefficient (Wildman–Crippen LogP) is 5.06. The molecule has 8 heteroatoms. The van der Waals surface area contributed by atoms with E-state index in [2.05, 4.69) is 11.9 Å². The van der Waals surface area contributed by atoms with E-state index < -0.39 is 18.2 Å². The van der Waals surface area contributed by atoms with Crippen LogP contribution in [0.15, 0.2) is 73.3 Å². The molecule has 0 aliphatic rings. The van der Waals surface area contributed by atoms with Crippen LogP contribution in [0.2, 0.25) is 0 Å². The third kappa shape index (κ3) is 9.93. The molecule has 188 valence electrons. The van der Waals surface area contributed by atoms with Crippen LogP contribution in [0.3, 0.4) is 0 Å². The normalized spacial score (nSPS) is 12.4. The zero-order valence-corrected chi connectivity index (χ0v) is 20.1. The van der Waals surface area contributed by atoms with Crippen LogP contribution >= 0.6 is 0 Å². The lowest BCUT2D eigenvalue weighted by molar-refractivity contribution is -0.136. The summed E-state index contributed by atoms with van der Waals surface area (Å²) in [7, 11) is 1.57. The fourth-order valence-corrected chi connectivity index (χ4v) is 3.25. The number of benzene rings is 2. The zero-order chi connectivity index (χ0) is 25.5. The van der Waals surface area contributed by atoms with E-state index in [1.165, 1.54) is 12.2 Å². The number of hydrogen-bond acceptors (Lipinski definition) is 7. The third-order valence-electron chi connectivity index (χ3n) is 5.04. The number of ether oxygens (including phenoxy) is 4. The summed E-state index contributed by atoms with van der Waals surface area (Å²) in [6.07, 6.45) is 4.76. The van der Waals surface area contributed by atoms with Crippen molar-refractivity contribution in [2.75, 3.05) is 32.2 Å². The first-order valence-electron chi connectivity index (χ1n) is 11.4. The molecule has 0 aromatic heterocycles. The van der Waals surface area contributed by atoms with E-state index in [0.717, 1.165) is 5.56 Å². The molecule has 2 rings (SSSR count). The van der Waals surface area contributed by atoms with Gasteiger partial charge in [0.1, 0.15) is 30.8 Å². The Balaban J connectivity index is 2.07. The SMILES string of the molecule is C=CCOC(=O)/C=C/CC[C@H](C)[C@H](OC(=O)Nc1ccc(OC)cc1)c1ccc(OCCO)cc1. The van der Waals surface area contributed by atoms with Crippen LogP contribution in [0, 0.1) is 5.92 Å². The van der Waals surface area contributed by atoms with Gasteiger partial charge in [0.2, 0.25) is 0 Å². The summed E-state index contributed by atoms with van der Waals surface area (Å²) < 4.78 is 21.3. The lowest BCUT2D eigenvalue weighted by Crippen LogP contribution is -2.22. The van der Waals surface area contributed by atoms with Gasteiger partial charge in [-0.2, -0.15) is 0 Å². The van der Waals surface area contributed by atoms with Crippen molar-refractivity contribution in [2.24, 2.45) is 5.92 Å². The van der Waals surface area contributed by atoms with E-state index in [1.54, 1.807) is 49.6 Å². The smallest absolute Gasteiger partial charge is 0.412 e. The van der Waals surface area contributed by atoms with Gasteiger partial charge < -0.3 is 24.1 Å². The molecule has 0 aliphatic heterocycles. The van der Waals surface area contributed by atoms with Crippen molar-refractivity contribution in [3.8, 4) is 11.5 Å².